The summed E-state index contributed by atoms with van der Waals surface area (Å²) in [7, 11) is 5.13. The topological polar surface area (TPSA) is 82.7 Å². The van der Waals surface area contributed by atoms with Crippen molar-refractivity contribution in [3.63, 3.8) is 0 Å². The molecular formula is C32H34N4O3S. The van der Waals surface area contributed by atoms with Gasteiger partial charge in [-0.1, -0.05) is 54.1 Å². The zero-order valence-electron chi connectivity index (χ0n) is 23.2. The lowest BCUT2D eigenvalue weighted by Gasteiger charge is -2.14. The molecule has 0 fully saturated rings. The van der Waals surface area contributed by atoms with Gasteiger partial charge in [0, 0.05) is 37.6 Å². The Labute approximate surface area is 240 Å². The van der Waals surface area contributed by atoms with E-state index in [0.717, 1.165) is 38.7 Å². The highest BCUT2D eigenvalue weighted by Crippen LogP contribution is 2.35. The molecule has 7 nitrogen and oxygen atoms in total. The van der Waals surface area contributed by atoms with Gasteiger partial charge in [0.15, 0.2) is 0 Å². The highest BCUT2D eigenvalue weighted by Gasteiger charge is 2.12. The second-order valence-corrected chi connectivity index (χ2v) is 10.4. The van der Waals surface area contributed by atoms with Crippen LogP contribution in [0.25, 0.3) is 11.1 Å². The summed E-state index contributed by atoms with van der Waals surface area (Å²) in [4.78, 5) is 27.3. The molecule has 4 aromatic carbocycles. The largest absolute Gasteiger partial charge is 0.496 e. The molecule has 0 unspecified atom stereocenters. The summed E-state index contributed by atoms with van der Waals surface area (Å²) >= 11 is 1.43. The van der Waals surface area contributed by atoms with Crippen LogP contribution in [0.3, 0.4) is 0 Å². The molecule has 2 amide bonds. The first-order chi connectivity index (χ1) is 19.3. The quantitative estimate of drug-likeness (QED) is 0.191. The number of aryl methyl sites for hydroxylation is 1. The van der Waals surface area contributed by atoms with Gasteiger partial charge in [0.25, 0.3) is 5.91 Å². The van der Waals surface area contributed by atoms with E-state index >= 15 is 0 Å². The summed E-state index contributed by atoms with van der Waals surface area (Å²) in [6.45, 7) is 2.71. The summed E-state index contributed by atoms with van der Waals surface area (Å²) < 4.78 is 8.96. The van der Waals surface area contributed by atoms with Crippen molar-refractivity contribution in [2.24, 2.45) is 0 Å². The predicted molar refractivity (Wildman–Crippen MR) is 164 cm³/mol. The molecule has 40 heavy (non-hydrogen) atoms. The molecule has 0 saturated heterocycles. The van der Waals surface area contributed by atoms with Crippen LogP contribution < -0.4 is 20.1 Å². The number of ether oxygens (including phenoxy) is 1. The van der Waals surface area contributed by atoms with Gasteiger partial charge >= 0.3 is 0 Å². The lowest BCUT2D eigenvalue weighted by molar-refractivity contribution is -0.119. The third kappa shape index (κ3) is 7.80. The van der Waals surface area contributed by atoms with Crippen molar-refractivity contribution >= 4 is 35.1 Å². The normalized spacial score (nSPS) is 10.5. The highest BCUT2D eigenvalue weighted by atomic mass is 32.2. The molecule has 4 aromatic rings. The maximum absolute atomic E-state index is 12.4. The van der Waals surface area contributed by atoms with Gasteiger partial charge in [-0.15, -0.1) is 0 Å². The minimum absolute atomic E-state index is 0.0381. The van der Waals surface area contributed by atoms with Gasteiger partial charge in [0.05, 0.1) is 18.6 Å². The number of anilines is 2. The summed E-state index contributed by atoms with van der Waals surface area (Å²) in [6, 6.07) is 29.4. The van der Waals surface area contributed by atoms with Gasteiger partial charge in [0.1, 0.15) is 5.75 Å². The summed E-state index contributed by atoms with van der Waals surface area (Å²) in [5, 5.41) is 6.14. The Balaban J connectivity index is 1.38. The molecule has 0 radical (unpaired) electrons. The minimum atomic E-state index is -0.0767. The first-order valence-corrected chi connectivity index (χ1v) is 13.7. The van der Waals surface area contributed by atoms with E-state index in [-0.39, 0.29) is 18.4 Å². The minimum Gasteiger partial charge on any atom is -0.496 e. The number of amides is 2. The Hall–Kier alpha value is -4.43. The van der Waals surface area contributed by atoms with E-state index in [0.29, 0.717) is 12.1 Å². The number of nitrogens with zero attached hydrogens (tertiary/aromatic N) is 1. The van der Waals surface area contributed by atoms with Crippen LogP contribution in [0, 0.1) is 6.92 Å². The van der Waals surface area contributed by atoms with E-state index in [1.807, 2.05) is 91.9 Å². The fourth-order valence-corrected chi connectivity index (χ4v) is 4.89. The van der Waals surface area contributed by atoms with Crippen LogP contribution in [0.1, 0.15) is 21.5 Å². The second-order valence-electron chi connectivity index (χ2n) is 9.55. The van der Waals surface area contributed by atoms with Crippen LogP contribution in [0.15, 0.2) is 95.9 Å². The third-order valence-electron chi connectivity index (χ3n) is 6.18. The van der Waals surface area contributed by atoms with E-state index in [4.69, 9.17) is 4.74 Å². The maximum atomic E-state index is 12.4. The molecule has 4 rings (SSSR count). The molecule has 206 valence electrons. The fraction of sp³-hybridized carbons (Fsp3) is 0.188. The lowest BCUT2D eigenvalue weighted by Crippen LogP contribution is -2.29. The molecule has 0 saturated carbocycles. The van der Waals surface area contributed by atoms with Gasteiger partial charge in [-0.3, -0.25) is 9.59 Å². The molecule has 0 spiro atoms. The Morgan fingerprint density at radius 2 is 1.60 bits per heavy atom. The number of carbonyl (C=O) groups excluding carboxylic acids is 2. The first-order valence-electron chi connectivity index (χ1n) is 12.9. The Morgan fingerprint density at radius 3 is 2.38 bits per heavy atom. The fourth-order valence-electron chi connectivity index (χ4n) is 4.10. The van der Waals surface area contributed by atoms with Crippen molar-refractivity contribution in [3.8, 4) is 16.9 Å². The standard InChI is InChI=1S/C32H34N4O3S/c1-22-8-5-9-23(16-22)20-34-31(37)21-33-27-12-7-13-28(19-27)35-40-30-18-25(14-15-29(30)39-4)24-10-6-11-26(17-24)32(38)36(2)3/h5-19,33,35H,20-21H2,1-4H3,(H,34,37). The van der Waals surface area contributed by atoms with Crippen molar-refractivity contribution in [3.05, 3.63) is 108 Å². The molecule has 3 N–H and O–H groups in total. The van der Waals surface area contributed by atoms with Crippen molar-refractivity contribution in [1.82, 2.24) is 10.2 Å². The molecule has 0 heterocycles. The van der Waals surface area contributed by atoms with Crippen molar-refractivity contribution in [2.75, 3.05) is 37.8 Å². The summed E-state index contributed by atoms with van der Waals surface area (Å²) in [5.74, 6) is 0.623. The SMILES string of the molecule is COc1ccc(-c2cccc(C(=O)N(C)C)c2)cc1SNc1cccc(NCC(=O)NCc2cccc(C)c2)c1. The maximum Gasteiger partial charge on any atom is 0.253 e. The van der Waals surface area contributed by atoms with E-state index in [9.17, 15) is 9.59 Å². The average Bonchev–Trinajstić information content (AvgIpc) is 2.97. The number of benzene rings is 4. The molecule has 0 atom stereocenters. The van der Waals surface area contributed by atoms with Crippen LogP contribution in [0.2, 0.25) is 0 Å². The second kappa shape index (κ2) is 13.6. The molecule has 0 bridgehead atoms. The third-order valence-corrected chi connectivity index (χ3v) is 7.06. The number of hydrogen-bond donors (Lipinski definition) is 3. The smallest absolute Gasteiger partial charge is 0.253 e. The number of methoxy groups -OCH3 is 1. The summed E-state index contributed by atoms with van der Waals surface area (Å²) in [6.07, 6.45) is 0. The molecule has 0 aromatic heterocycles. The average molecular weight is 555 g/mol. The van der Waals surface area contributed by atoms with Crippen molar-refractivity contribution in [1.29, 1.82) is 0 Å². The molecular weight excluding hydrogens is 520 g/mol. The van der Waals surface area contributed by atoms with E-state index < -0.39 is 0 Å². The van der Waals surface area contributed by atoms with Crippen molar-refractivity contribution < 1.29 is 14.3 Å². The van der Waals surface area contributed by atoms with Gasteiger partial charge in [-0.05, 0) is 78.0 Å². The number of hydrogen-bond acceptors (Lipinski definition) is 6. The Morgan fingerprint density at radius 1 is 0.850 bits per heavy atom. The van der Waals surface area contributed by atoms with Crippen LogP contribution >= 0.6 is 11.9 Å². The van der Waals surface area contributed by atoms with Crippen LogP contribution in [0.5, 0.6) is 5.75 Å². The van der Waals surface area contributed by atoms with Crippen molar-refractivity contribution in [2.45, 2.75) is 18.4 Å². The summed E-state index contributed by atoms with van der Waals surface area (Å²) in [5.41, 5.74) is 6.52. The first kappa shape index (κ1) is 28.6. The van der Waals surface area contributed by atoms with Crippen LogP contribution in [-0.2, 0) is 11.3 Å². The highest BCUT2D eigenvalue weighted by molar-refractivity contribution is 8.00. The molecule has 0 aliphatic rings. The predicted octanol–water partition coefficient (Wildman–Crippen LogP) is 6.22. The van der Waals surface area contributed by atoms with E-state index in [1.54, 1.807) is 26.1 Å². The number of nitrogens with one attached hydrogen (secondary N) is 3. The number of rotatable bonds is 11. The molecule has 0 aliphatic heterocycles. The molecule has 0 aliphatic carbocycles. The lowest BCUT2D eigenvalue weighted by atomic mass is 10.0. The molecule has 8 heteroatoms. The van der Waals surface area contributed by atoms with Gasteiger partial charge in [-0.2, -0.15) is 0 Å². The number of carbonyl (C=O) groups is 2. The van der Waals surface area contributed by atoms with Gasteiger partial charge in [0.2, 0.25) is 5.91 Å². The monoisotopic (exact) mass is 554 g/mol. The van der Waals surface area contributed by atoms with Gasteiger partial charge < -0.3 is 25.0 Å². The zero-order valence-corrected chi connectivity index (χ0v) is 24.0. The Kier molecular flexibility index (Phi) is 9.70. The Bertz CT molecular complexity index is 1490. The van der Waals surface area contributed by atoms with E-state index in [2.05, 4.69) is 21.4 Å². The zero-order chi connectivity index (χ0) is 28.5. The van der Waals surface area contributed by atoms with Gasteiger partial charge in [-0.25, -0.2) is 0 Å². The van der Waals surface area contributed by atoms with E-state index in [1.165, 1.54) is 17.5 Å². The van der Waals surface area contributed by atoms with Crippen LogP contribution in [-0.4, -0.2) is 44.5 Å². The van der Waals surface area contributed by atoms with Crippen LogP contribution in [0.4, 0.5) is 11.4 Å².